The van der Waals surface area contributed by atoms with Crippen molar-refractivity contribution in [2.45, 2.75) is 26.1 Å². The number of amides is 1. The Morgan fingerprint density at radius 2 is 2.12 bits per heavy atom. The molecular weight excluding hydrogens is 318 g/mol. The van der Waals surface area contributed by atoms with Crippen LogP contribution in [0.25, 0.3) is 11.0 Å². The molecular formula is C19H21N3O3. The van der Waals surface area contributed by atoms with Crippen LogP contribution in [0.3, 0.4) is 0 Å². The minimum absolute atomic E-state index is 0.0602. The number of para-hydroxylation sites is 2. The zero-order valence-electron chi connectivity index (χ0n) is 14.0. The van der Waals surface area contributed by atoms with Gasteiger partial charge in [-0.05, 0) is 36.8 Å². The van der Waals surface area contributed by atoms with Crippen molar-refractivity contribution in [2.75, 3.05) is 6.54 Å². The Hall–Kier alpha value is -2.86. The van der Waals surface area contributed by atoms with Crippen LogP contribution < -0.4 is 10.1 Å². The summed E-state index contributed by atoms with van der Waals surface area (Å²) in [5.74, 6) is 1.21. The first-order chi connectivity index (χ1) is 12.2. The second-order valence-corrected chi connectivity index (χ2v) is 5.81. The Balaban J connectivity index is 1.49. The van der Waals surface area contributed by atoms with Gasteiger partial charge in [0, 0.05) is 13.0 Å². The van der Waals surface area contributed by atoms with Crippen LogP contribution in [-0.4, -0.2) is 33.6 Å². The van der Waals surface area contributed by atoms with Crippen molar-refractivity contribution in [3.63, 3.8) is 0 Å². The van der Waals surface area contributed by atoms with Crippen molar-refractivity contribution in [1.82, 2.24) is 15.3 Å². The SMILES string of the molecule is CC(Oc1cccc(CO)c1)C(=O)NCCc1nc2ccccc2[nH]1. The summed E-state index contributed by atoms with van der Waals surface area (Å²) in [7, 11) is 0. The van der Waals surface area contributed by atoms with Crippen LogP contribution >= 0.6 is 0 Å². The molecule has 1 atom stereocenters. The van der Waals surface area contributed by atoms with Crippen LogP contribution in [0.5, 0.6) is 5.75 Å². The number of aliphatic hydroxyl groups is 1. The fourth-order valence-electron chi connectivity index (χ4n) is 2.55. The van der Waals surface area contributed by atoms with Gasteiger partial charge in [0.05, 0.1) is 17.6 Å². The van der Waals surface area contributed by atoms with E-state index in [2.05, 4.69) is 15.3 Å². The number of nitrogens with one attached hydrogen (secondary N) is 2. The smallest absolute Gasteiger partial charge is 0.260 e. The maximum Gasteiger partial charge on any atom is 0.260 e. The molecule has 0 radical (unpaired) electrons. The number of aromatic amines is 1. The Kier molecular flexibility index (Phi) is 5.30. The molecule has 0 aliphatic heterocycles. The topological polar surface area (TPSA) is 87.2 Å². The monoisotopic (exact) mass is 339 g/mol. The first-order valence-electron chi connectivity index (χ1n) is 8.23. The highest BCUT2D eigenvalue weighted by molar-refractivity contribution is 5.80. The first-order valence-corrected chi connectivity index (χ1v) is 8.23. The summed E-state index contributed by atoms with van der Waals surface area (Å²) in [6, 6.07) is 14.9. The third kappa shape index (κ3) is 4.36. The van der Waals surface area contributed by atoms with Gasteiger partial charge in [-0.1, -0.05) is 24.3 Å². The molecule has 130 valence electrons. The van der Waals surface area contributed by atoms with Crippen LogP contribution in [0, 0.1) is 0 Å². The van der Waals surface area contributed by atoms with E-state index in [1.165, 1.54) is 0 Å². The van der Waals surface area contributed by atoms with E-state index >= 15 is 0 Å². The predicted octanol–water partition coefficient (Wildman–Crippen LogP) is 2.18. The number of hydrogen-bond acceptors (Lipinski definition) is 4. The Labute approximate surface area is 145 Å². The molecule has 3 N–H and O–H groups in total. The Morgan fingerprint density at radius 1 is 1.28 bits per heavy atom. The number of fused-ring (bicyclic) bond motifs is 1. The van der Waals surface area contributed by atoms with Gasteiger partial charge in [-0.25, -0.2) is 4.98 Å². The molecule has 6 heteroatoms. The normalized spacial score (nSPS) is 12.1. The lowest BCUT2D eigenvalue weighted by Crippen LogP contribution is -2.37. The van der Waals surface area contributed by atoms with Crippen LogP contribution in [0.4, 0.5) is 0 Å². The van der Waals surface area contributed by atoms with Crippen molar-refractivity contribution in [3.05, 3.63) is 59.9 Å². The van der Waals surface area contributed by atoms with Gasteiger partial charge in [0.15, 0.2) is 6.10 Å². The van der Waals surface area contributed by atoms with Gasteiger partial charge in [0.1, 0.15) is 11.6 Å². The summed E-state index contributed by atoms with van der Waals surface area (Å²) >= 11 is 0. The van der Waals surface area contributed by atoms with Gasteiger partial charge in [-0.3, -0.25) is 4.79 Å². The molecule has 1 heterocycles. The lowest BCUT2D eigenvalue weighted by atomic mass is 10.2. The first kappa shape index (κ1) is 17.0. The highest BCUT2D eigenvalue weighted by atomic mass is 16.5. The van der Waals surface area contributed by atoms with Crippen LogP contribution in [0.15, 0.2) is 48.5 Å². The Morgan fingerprint density at radius 3 is 2.92 bits per heavy atom. The number of nitrogens with zero attached hydrogens (tertiary/aromatic N) is 1. The summed E-state index contributed by atoms with van der Waals surface area (Å²) < 4.78 is 5.62. The fraction of sp³-hybridized carbons (Fsp3) is 0.263. The molecule has 0 bridgehead atoms. The summed E-state index contributed by atoms with van der Waals surface area (Å²) in [5, 5.41) is 12.0. The van der Waals surface area contributed by atoms with E-state index in [0.29, 0.717) is 18.7 Å². The van der Waals surface area contributed by atoms with Gasteiger partial charge < -0.3 is 20.1 Å². The summed E-state index contributed by atoms with van der Waals surface area (Å²) in [5.41, 5.74) is 2.66. The number of aromatic nitrogens is 2. The molecule has 25 heavy (non-hydrogen) atoms. The maximum absolute atomic E-state index is 12.1. The summed E-state index contributed by atoms with van der Waals surface area (Å²) in [6.45, 7) is 2.11. The predicted molar refractivity (Wildman–Crippen MR) is 95.3 cm³/mol. The molecule has 1 aromatic heterocycles. The van der Waals surface area contributed by atoms with Crippen LogP contribution in [-0.2, 0) is 17.8 Å². The number of hydrogen-bond donors (Lipinski definition) is 3. The lowest BCUT2D eigenvalue weighted by molar-refractivity contribution is -0.127. The zero-order chi connectivity index (χ0) is 17.6. The number of aliphatic hydroxyl groups excluding tert-OH is 1. The van der Waals surface area contributed by atoms with E-state index in [4.69, 9.17) is 9.84 Å². The molecule has 1 unspecified atom stereocenters. The lowest BCUT2D eigenvalue weighted by Gasteiger charge is -2.15. The van der Waals surface area contributed by atoms with Gasteiger partial charge in [0.2, 0.25) is 0 Å². The molecule has 0 aliphatic carbocycles. The number of carbonyl (C=O) groups is 1. The number of carbonyl (C=O) groups excluding carboxylic acids is 1. The number of H-pyrrole nitrogens is 1. The Bertz CT molecular complexity index is 827. The number of rotatable bonds is 7. The number of ether oxygens (including phenoxy) is 1. The van der Waals surface area contributed by atoms with Crippen molar-refractivity contribution in [1.29, 1.82) is 0 Å². The minimum atomic E-state index is -0.621. The van der Waals surface area contributed by atoms with E-state index in [-0.39, 0.29) is 12.5 Å². The average Bonchev–Trinajstić information content (AvgIpc) is 3.04. The van der Waals surface area contributed by atoms with Crippen LogP contribution in [0.1, 0.15) is 18.3 Å². The van der Waals surface area contributed by atoms with Gasteiger partial charge in [-0.15, -0.1) is 0 Å². The molecule has 6 nitrogen and oxygen atoms in total. The maximum atomic E-state index is 12.1. The summed E-state index contributed by atoms with van der Waals surface area (Å²) in [4.78, 5) is 19.9. The van der Waals surface area contributed by atoms with Gasteiger partial charge >= 0.3 is 0 Å². The van der Waals surface area contributed by atoms with Crippen molar-refractivity contribution in [2.24, 2.45) is 0 Å². The van der Waals surface area contributed by atoms with E-state index in [1.807, 2.05) is 24.3 Å². The standard InChI is InChI=1S/C19H21N3O3/c1-13(25-15-6-4-5-14(11-15)12-23)19(24)20-10-9-18-21-16-7-2-3-8-17(16)22-18/h2-8,11,13,23H,9-10,12H2,1H3,(H,20,24)(H,21,22). The quantitative estimate of drug-likeness (QED) is 0.616. The molecule has 0 spiro atoms. The number of imidazole rings is 1. The third-order valence-corrected chi connectivity index (χ3v) is 3.86. The van der Waals surface area contributed by atoms with Crippen molar-refractivity contribution in [3.8, 4) is 5.75 Å². The number of benzene rings is 2. The molecule has 3 rings (SSSR count). The average molecular weight is 339 g/mol. The highest BCUT2D eigenvalue weighted by Crippen LogP contribution is 2.15. The molecule has 0 saturated carbocycles. The van der Waals surface area contributed by atoms with Gasteiger partial charge in [-0.2, -0.15) is 0 Å². The van der Waals surface area contributed by atoms with E-state index in [0.717, 1.165) is 22.4 Å². The molecule has 1 amide bonds. The molecule has 2 aromatic carbocycles. The molecule has 0 fully saturated rings. The second kappa shape index (κ2) is 7.81. The molecule has 3 aromatic rings. The van der Waals surface area contributed by atoms with Crippen molar-refractivity contribution >= 4 is 16.9 Å². The van der Waals surface area contributed by atoms with Gasteiger partial charge in [0.25, 0.3) is 5.91 Å². The van der Waals surface area contributed by atoms with E-state index < -0.39 is 6.10 Å². The fourth-order valence-corrected chi connectivity index (χ4v) is 2.55. The third-order valence-electron chi connectivity index (χ3n) is 3.86. The zero-order valence-corrected chi connectivity index (χ0v) is 14.0. The largest absolute Gasteiger partial charge is 0.481 e. The summed E-state index contributed by atoms with van der Waals surface area (Å²) in [6.07, 6.45) is -0.00253. The highest BCUT2D eigenvalue weighted by Gasteiger charge is 2.14. The van der Waals surface area contributed by atoms with Crippen molar-refractivity contribution < 1.29 is 14.6 Å². The van der Waals surface area contributed by atoms with E-state index in [1.54, 1.807) is 31.2 Å². The van der Waals surface area contributed by atoms with E-state index in [9.17, 15) is 4.79 Å². The van der Waals surface area contributed by atoms with Crippen LogP contribution in [0.2, 0.25) is 0 Å². The minimum Gasteiger partial charge on any atom is -0.481 e. The second-order valence-electron chi connectivity index (χ2n) is 5.81. The molecule has 0 saturated heterocycles. The molecule has 0 aliphatic rings.